The summed E-state index contributed by atoms with van der Waals surface area (Å²) in [5.41, 5.74) is 6.99. The van der Waals surface area contributed by atoms with Crippen LogP contribution in [0.25, 0.3) is 17.5 Å². The Morgan fingerprint density at radius 2 is 1.82 bits per heavy atom. The lowest BCUT2D eigenvalue weighted by Gasteiger charge is -2.26. The number of benzene rings is 2. The van der Waals surface area contributed by atoms with E-state index in [0.29, 0.717) is 5.17 Å². The van der Waals surface area contributed by atoms with Gasteiger partial charge in [0.05, 0.1) is 24.1 Å². The molecule has 1 N–H and O–H groups in total. The SMILES string of the molecule is COc1ccc(C)cc1-n1c(C)cc(/C=C2/C(=N)N3C(c4ccccc4)=CSC3=NC2=O)c1C. The lowest BCUT2D eigenvalue weighted by molar-refractivity contribution is -0.114. The third kappa shape index (κ3) is 3.58. The Balaban J connectivity index is 1.57. The van der Waals surface area contributed by atoms with Gasteiger partial charge in [0.15, 0.2) is 5.17 Å². The molecule has 0 atom stereocenters. The molecule has 7 heteroatoms. The van der Waals surface area contributed by atoms with Crippen molar-refractivity contribution in [2.75, 3.05) is 7.11 Å². The summed E-state index contributed by atoms with van der Waals surface area (Å²) in [6, 6.07) is 17.9. The van der Waals surface area contributed by atoms with E-state index in [1.165, 1.54) is 11.8 Å². The monoisotopic (exact) mass is 468 g/mol. The van der Waals surface area contributed by atoms with Gasteiger partial charge in [0.2, 0.25) is 0 Å². The Morgan fingerprint density at radius 1 is 1.06 bits per heavy atom. The summed E-state index contributed by atoms with van der Waals surface area (Å²) in [6.45, 7) is 6.08. The van der Waals surface area contributed by atoms with Crippen LogP contribution in [0.3, 0.4) is 0 Å². The first kappa shape index (κ1) is 22.0. The van der Waals surface area contributed by atoms with Crippen LogP contribution in [0.4, 0.5) is 0 Å². The molecule has 2 aromatic carbocycles. The number of aryl methyl sites for hydroxylation is 2. The average Bonchev–Trinajstić information content (AvgIpc) is 3.37. The Kier molecular flexibility index (Phi) is 5.49. The number of amidine groups is 2. The maximum absolute atomic E-state index is 12.9. The standard InChI is InChI=1S/C27H24N4O2S/c1-16-10-11-24(33-4)22(12-16)30-17(2)13-20(18(30)3)14-21-25(28)31-23(19-8-6-5-7-9-19)15-34-27(31)29-26(21)32/h5-15,28H,1-4H3/b21-14-,28-25?. The molecule has 5 rings (SSSR count). The minimum atomic E-state index is -0.399. The summed E-state index contributed by atoms with van der Waals surface area (Å²) >= 11 is 1.36. The van der Waals surface area contributed by atoms with Crippen molar-refractivity contribution in [1.29, 1.82) is 5.41 Å². The molecular formula is C27H24N4O2S. The predicted molar refractivity (Wildman–Crippen MR) is 139 cm³/mol. The molecule has 0 radical (unpaired) electrons. The fraction of sp³-hybridized carbons (Fsp3) is 0.148. The van der Waals surface area contributed by atoms with E-state index >= 15 is 0 Å². The highest BCUT2D eigenvalue weighted by Crippen LogP contribution is 2.38. The van der Waals surface area contributed by atoms with Gasteiger partial charge >= 0.3 is 0 Å². The van der Waals surface area contributed by atoms with Crippen LogP contribution in [-0.2, 0) is 4.79 Å². The molecule has 0 bridgehead atoms. The molecule has 0 saturated carbocycles. The first-order valence-electron chi connectivity index (χ1n) is 10.9. The molecule has 34 heavy (non-hydrogen) atoms. The lowest BCUT2D eigenvalue weighted by Crippen LogP contribution is -2.38. The zero-order valence-electron chi connectivity index (χ0n) is 19.4. The fourth-order valence-corrected chi connectivity index (χ4v) is 5.24. The maximum Gasteiger partial charge on any atom is 0.283 e. The number of hydrogen-bond acceptors (Lipinski definition) is 4. The number of carbonyl (C=O) groups is 1. The van der Waals surface area contributed by atoms with Gasteiger partial charge in [-0.25, -0.2) is 0 Å². The number of carbonyl (C=O) groups excluding carboxylic acids is 1. The Bertz CT molecular complexity index is 1430. The minimum absolute atomic E-state index is 0.132. The second kappa shape index (κ2) is 8.50. The highest BCUT2D eigenvalue weighted by Gasteiger charge is 2.36. The Morgan fingerprint density at radius 3 is 2.56 bits per heavy atom. The molecule has 2 aliphatic rings. The minimum Gasteiger partial charge on any atom is -0.495 e. The summed E-state index contributed by atoms with van der Waals surface area (Å²) in [5.74, 6) is 0.506. The molecule has 0 spiro atoms. The van der Waals surface area contributed by atoms with Crippen molar-refractivity contribution in [3.8, 4) is 11.4 Å². The van der Waals surface area contributed by atoms with E-state index in [0.717, 1.165) is 45.2 Å². The molecule has 1 aromatic heterocycles. The van der Waals surface area contributed by atoms with Crippen molar-refractivity contribution in [2.24, 2.45) is 4.99 Å². The van der Waals surface area contributed by atoms with E-state index in [1.54, 1.807) is 18.1 Å². The summed E-state index contributed by atoms with van der Waals surface area (Å²) in [7, 11) is 1.66. The van der Waals surface area contributed by atoms with Crippen molar-refractivity contribution >= 4 is 40.4 Å². The number of ether oxygens (including phenoxy) is 1. The van der Waals surface area contributed by atoms with Crippen molar-refractivity contribution in [2.45, 2.75) is 20.8 Å². The molecule has 0 aliphatic carbocycles. The Labute approximate surface area is 202 Å². The second-order valence-electron chi connectivity index (χ2n) is 8.27. The first-order valence-corrected chi connectivity index (χ1v) is 11.8. The van der Waals surface area contributed by atoms with E-state index in [9.17, 15) is 4.79 Å². The fourth-order valence-electron chi connectivity index (χ4n) is 4.35. The van der Waals surface area contributed by atoms with Crippen LogP contribution >= 0.6 is 11.8 Å². The van der Waals surface area contributed by atoms with Crippen LogP contribution in [0.1, 0.15) is 28.1 Å². The maximum atomic E-state index is 12.9. The van der Waals surface area contributed by atoms with Crippen molar-refractivity contribution in [1.82, 2.24) is 9.47 Å². The van der Waals surface area contributed by atoms with Gasteiger partial charge in [0.25, 0.3) is 5.91 Å². The smallest absolute Gasteiger partial charge is 0.283 e. The Hall–Kier alpha value is -3.84. The topological polar surface area (TPSA) is 70.7 Å². The van der Waals surface area contributed by atoms with Gasteiger partial charge in [0, 0.05) is 16.8 Å². The van der Waals surface area contributed by atoms with Crippen LogP contribution in [0.15, 0.2) is 70.6 Å². The van der Waals surface area contributed by atoms with Crippen molar-refractivity contribution in [3.05, 3.63) is 93.7 Å². The number of thioether (sulfide) groups is 1. The van der Waals surface area contributed by atoms with Gasteiger partial charge in [-0.3, -0.25) is 15.1 Å². The first-order chi connectivity index (χ1) is 16.4. The summed E-state index contributed by atoms with van der Waals surface area (Å²) in [6.07, 6.45) is 1.78. The van der Waals surface area contributed by atoms with Gasteiger partial charge in [-0.15, -0.1) is 0 Å². The molecule has 0 saturated heterocycles. The van der Waals surface area contributed by atoms with Crippen molar-refractivity contribution < 1.29 is 9.53 Å². The van der Waals surface area contributed by atoms with Crippen LogP contribution in [-0.4, -0.2) is 33.5 Å². The largest absolute Gasteiger partial charge is 0.495 e. The van der Waals surface area contributed by atoms with Gasteiger partial charge in [0.1, 0.15) is 11.6 Å². The summed E-state index contributed by atoms with van der Waals surface area (Å²) in [5, 5.41) is 11.3. The van der Waals surface area contributed by atoms with E-state index in [-0.39, 0.29) is 11.4 Å². The predicted octanol–water partition coefficient (Wildman–Crippen LogP) is 5.72. The highest BCUT2D eigenvalue weighted by molar-refractivity contribution is 8.17. The van der Waals surface area contributed by atoms with E-state index in [4.69, 9.17) is 10.1 Å². The van der Waals surface area contributed by atoms with Gasteiger partial charge < -0.3 is 9.30 Å². The lowest BCUT2D eigenvalue weighted by atomic mass is 10.1. The van der Waals surface area contributed by atoms with Crippen LogP contribution in [0, 0.1) is 26.2 Å². The molecule has 2 aliphatic heterocycles. The molecule has 3 aromatic rings. The third-order valence-corrected chi connectivity index (χ3v) is 6.86. The van der Waals surface area contributed by atoms with E-state index in [1.807, 2.05) is 74.7 Å². The zero-order valence-corrected chi connectivity index (χ0v) is 20.2. The number of nitrogens with one attached hydrogen (secondary N) is 1. The van der Waals surface area contributed by atoms with E-state index in [2.05, 4.69) is 15.6 Å². The zero-order chi connectivity index (χ0) is 24.0. The molecule has 3 heterocycles. The molecule has 170 valence electrons. The summed E-state index contributed by atoms with van der Waals surface area (Å²) < 4.78 is 7.72. The summed E-state index contributed by atoms with van der Waals surface area (Å²) in [4.78, 5) is 19.0. The van der Waals surface area contributed by atoms with Crippen molar-refractivity contribution in [3.63, 3.8) is 0 Å². The number of nitrogens with zero attached hydrogens (tertiary/aromatic N) is 3. The number of amides is 1. The number of aliphatic imine (C=N–C) groups is 1. The average molecular weight is 469 g/mol. The second-order valence-corrected chi connectivity index (χ2v) is 9.10. The quantitative estimate of drug-likeness (QED) is 0.498. The molecule has 1 amide bonds. The third-order valence-electron chi connectivity index (χ3n) is 6.03. The number of hydrogen-bond donors (Lipinski definition) is 1. The van der Waals surface area contributed by atoms with Crippen LogP contribution in [0.5, 0.6) is 5.75 Å². The van der Waals surface area contributed by atoms with Gasteiger partial charge in [-0.1, -0.05) is 48.2 Å². The molecular weight excluding hydrogens is 444 g/mol. The molecule has 0 unspecified atom stereocenters. The normalized spacial score (nSPS) is 16.6. The molecule has 0 fully saturated rings. The van der Waals surface area contributed by atoms with Gasteiger partial charge in [-0.05, 0) is 61.7 Å². The number of aromatic nitrogens is 1. The van der Waals surface area contributed by atoms with Crippen LogP contribution < -0.4 is 4.74 Å². The number of fused-ring (bicyclic) bond motifs is 1. The van der Waals surface area contributed by atoms with Crippen LogP contribution in [0.2, 0.25) is 0 Å². The highest BCUT2D eigenvalue weighted by atomic mass is 32.2. The van der Waals surface area contributed by atoms with Gasteiger partial charge in [-0.2, -0.15) is 4.99 Å². The van der Waals surface area contributed by atoms with E-state index < -0.39 is 5.91 Å². The number of methoxy groups -OCH3 is 1. The number of rotatable bonds is 4. The molecule has 6 nitrogen and oxygen atoms in total.